The van der Waals surface area contributed by atoms with E-state index in [0.29, 0.717) is 54.9 Å². The molecule has 0 saturated carbocycles. The largest absolute Gasteiger partial charge is 0.494 e. The van der Waals surface area contributed by atoms with Crippen molar-refractivity contribution in [1.29, 1.82) is 5.26 Å². The van der Waals surface area contributed by atoms with Gasteiger partial charge in [0, 0.05) is 16.1 Å². The van der Waals surface area contributed by atoms with Gasteiger partial charge in [-0.2, -0.15) is 5.26 Å². The smallest absolute Gasteiger partial charge is 0.338 e. The van der Waals surface area contributed by atoms with Gasteiger partial charge in [0.15, 0.2) is 4.80 Å². The molecule has 0 fully saturated rings. The summed E-state index contributed by atoms with van der Waals surface area (Å²) in [6, 6.07) is 19.5. The Labute approximate surface area is 276 Å². The first kappa shape index (κ1) is 31.5. The molecule has 0 bridgehead atoms. The third kappa shape index (κ3) is 6.45. The van der Waals surface area contributed by atoms with Crippen molar-refractivity contribution in [1.82, 2.24) is 4.57 Å². The molecule has 0 N–H and O–H groups in total. The first-order chi connectivity index (χ1) is 21.2. The van der Waals surface area contributed by atoms with Gasteiger partial charge in [-0.05, 0) is 85.3 Å². The Morgan fingerprint density at radius 3 is 2.59 bits per heavy atom. The first-order valence-corrected chi connectivity index (χ1v) is 16.0. The number of thiazole rings is 1. The second-order valence-electron chi connectivity index (χ2n) is 9.67. The van der Waals surface area contributed by atoms with Crippen LogP contribution in [-0.4, -0.2) is 23.8 Å². The summed E-state index contributed by atoms with van der Waals surface area (Å²) < 4.78 is 19.9. The summed E-state index contributed by atoms with van der Waals surface area (Å²) in [5, 5.41) is 9.97. The molecular weight excluding hydrogens is 713 g/mol. The summed E-state index contributed by atoms with van der Waals surface area (Å²) in [5.41, 5.74) is 3.03. The van der Waals surface area contributed by atoms with Crippen molar-refractivity contribution in [3.63, 3.8) is 0 Å². The van der Waals surface area contributed by atoms with Gasteiger partial charge in [-0.25, -0.2) is 9.79 Å². The summed E-state index contributed by atoms with van der Waals surface area (Å²) in [6.45, 7) is 6.24. The zero-order valence-electron chi connectivity index (χ0n) is 24.1. The molecule has 3 aromatic carbocycles. The predicted octanol–water partition coefficient (Wildman–Crippen LogP) is 5.91. The number of carbonyl (C=O) groups excluding carboxylic acids is 1. The molecule has 224 valence electrons. The topological polar surface area (TPSA) is 103 Å². The average Bonchev–Trinajstić information content (AvgIpc) is 3.30. The van der Waals surface area contributed by atoms with Gasteiger partial charge in [0.05, 0.1) is 50.3 Å². The van der Waals surface area contributed by atoms with Crippen LogP contribution in [0.3, 0.4) is 0 Å². The lowest BCUT2D eigenvalue weighted by molar-refractivity contribution is -0.139. The van der Waals surface area contributed by atoms with Crippen LogP contribution < -0.4 is 24.4 Å². The molecule has 0 spiro atoms. The van der Waals surface area contributed by atoms with Crippen LogP contribution in [0.15, 0.2) is 81.7 Å². The quantitative estimate of drug-likeness (QED) is 0.156. The van der Waals surface area contributed by atoms with E-state index in [2.05, 4.69) is 33.7 Å². The third-order valence-corrected chi connectivity index (χ3v) is 8.86. The summed E-state index contributed by atoms with van der Waals surface area (Å²) in [7, 11) is 0. The fourth-order valence-corrected chi connectivity index (χ4v) is 7.16. The van der Waals surface area contributed by atoms with E-state index in [1.165, 1.54) is 15.9 Å². The SMILES string of the molecule is CCOC(=O)C1=C(C)N=c2s/c(=C\c3cc(Cl)cc(I)c3OCc3ccccc3C#N)c(=O)n2[C@H]1c1ccc(OCC)cc1. The highest BCUT2D eigenvalue weighted by Gasteiger charge is 2.33. The van der Waals surface area contributed by atoms with E-state index in [1.54, 1.807) is 44.2 Å². The average molecular weight is 740 g/mol. The molecule has 1 aliphatic heterocycles. The minimum Gasteiger partial charge on any atom is -0.494 e. The Morgan fingerprint density at radius 2 is 1.89 bits per heavy atom. The number of fused-ring (bicyclic) bond motifs is 1. The normalized spacial score (nSPS) is 14.5. The van der Waals surface area contributed by atoms with Crippen LogP contribution >= 0.6 is 45.5 Å². The zero-order valence-corrected chi connectivity index (χ0v) is 27.8. The Morgan fingerprint density at radius 1 is 1.14 bits per heavy atom. The molecule has 1 atom stereocenters. The number of carbonyl (C=O) groups is 1. The van der Waals surface area contributed by atoms with E-state index in [9.17, 15) is 14.9 Å². The van der Waals surface area contributed by atoms with Crippen molar-refractivity contribution >= 4 is 57.6 Å². The number of aromatic nitrogens is 1. The van der Waals surface area contributed by atoms with Crippen molar-refractivity contribution in [3.05, 3.63) is 122 Å². The maximum Gasteiger partial charge on any atom is 0.338 e. The van der Waals surface area contributed by atoms with E-state index in [4.69, 9.17) is 25.8 Å². The van der Waals surface area contributed by atoms with E-state index in [0.717, 1.165) is 14.7 Å². The summed E-state index contributed by atoms with van der Waals surface area (Å²) in [5.74, 6) is 0.683. The highest BCUT2D eigenvalue weighted by atomic mass is 127. The van der Waals surface area contributed by atoms with Crippen molar-refractivity contribution in [2.75, 3.05) is 13.2 Å². The van der Waals surface area contributed by atoms with Gasteiger partial charge < -0.3 is 14.2 Å². The molecule has 0 radical (unpaired) electrons. The summed E-state index contributed by atoms with van der Waals surface area (Å²) in [4.78, 5) is 32.4. The lowest BCUT2D eigenvalue weighted by Crippen LogP contribution is -2.39. The number of rotatable bonds is 9. The van der Waals surface area contributed by atoms with Gasteiger partial charge in [-0.3, -0.25) is 9.36 Å². The Bertz CT molecular complexity index is 1990. The number of hydrogen-bond donors (Lipinski definition) is 0. The number of ether oxygens (including phenoxy) is 3. The zero-order chi connectivity index (χ0) is 31.4. The van der Waals surface area contributed by atoms with Crippen molar-refractivity contribution in [2.45, 2.75) is 33.4 Å². The van der Waals surface area contributed by atoms with Crippen molar-refractivity contribution in [3.8, 4) is 17.6 Å². The highest BCUT2D eigenvalue weighted by molar-refractivity contribution is 14.1. The number of benzene rings is 3. The fraction of sp³-hybridized carbons (Fsp3) is 0.212. The molecule has 2 heterocycles. The van der Waals surface area contributed by atoms with E-state index in [-0.39, 0.29) is 18.8 Å². The summed E-state index contributed by atoms with van der Waals surface area (Å²) >= 11 is 9.80. The van der Waals surface area contributed by atoms with Gasteiger partial charge in [0.2, 0.25) is 0 Å². The molecule has 44 heavy (non-hydrogen) atoms. The van der Waals surface area contributed by atoms with Gasteiger partial charge in [0.1, 0.15) is 18.1 Å². The maximum atomic E-state index is 14.1. The molecule has 4 aromatic rings. The summed E-state index contributed by atoms with van der Waals surface area (Å²) in [6.07, 6.45) is 1.72. The molecule has 8 nitrogen and oxygen atoms in total. The highest BCUT2D eigenvalue weighted by Crippen LogP contribution is 2.33. The standard InChI is InChI=1S/C33H27ClIN3O5S/c1-4-41-25-12-10-20(11-13-25)29-28(32(40)42-5-2)19(3)37-33-38(29)31(39)27(44-33)15-23-14-24(34)16-26(35)30(23)43-18-22-9-7-6-8-21(22)17-36/h6-16,29H,4-5,18H2,1-3H3/b27-15-/t29-/m0/s1. The fourth-order valence-electron chi connectivity index (χ4n) is 4.91. The van der Waals surface area contributed by atoms with Gasteiger partial charge in [-0.15, -0.1) is 0 Å². The van der Waals surface area contributed by atoms with E-state index < -0.39 is 12.0 Å². The number of nitrogens with zero attached hydrogens (tertiary/aromatic N) is 3. The van der Waals surface area contributed by atoms with Crippen molar-refractivity contribution in [2.24, 2.45) is 4.99 Å². The molecule has 11 heteroatoms. The van der Waals surface area contributed by atoms with Crippen LogP contribution in [-0.2, 0) is 16.1 Å². The third-order valence-electron chi connectivity index (χ3n) is 6.86. The lowest BCUT2D eigenvalue weighted by Gasteiger charge is -2.24. The predicted molar refractivity (Wildman–Crippen MR) is 178 cm³/mol. The molecular formula is C33H27ClIN3O5S. The van der Waals surface area contributed by atoms with E-state index in [1.807, 2.05) is 43.3 Å². The van der Waals surface area contributed by atoms with Crippen LogP contribution in [0.5, 0.6) is 11.5 Å². The monoisotopic (exact) mass is 739 g/mol. The molecule has 1 aromatic heterocycles. The van der Waals surface area contributed by atoms with Crippen LogP contribution in [0.25, 0.3) is 6.08 Å². The van der Waals surface area contributed by atoms with Crippen molar-refractivity contribution < 1.29 is 19.0 Å². The molecule has 0 aliphatic carbocycles. The molecule has 0 unspecified atom stereocenters. The van der Waals surface area contributed by atoms with Gasteiger partial charge in [0.25, 0.3) is 5.56 Å². The molecule has 0 saturated heterocycles. The number of allylic oxidation sites excluding steroid dienone is 1. The Kier molecular flexibility index (Phi) is 9.88. The Balaban J connectivity index is 1.64. The minimum atomic E-state index is -0.749. The number of nitriles is 1. The molecule has 0 amide bonds. The van der Waals surface area contributed by atoms with Crippen LogP contribution in [0.2, 0.25) is 5.02 Å². The second kappa shape index (κ2) is 13.8. The maximum absolute atomic E-state index is 14.1. The van der Waals surface area contributed by atoms with Crippen LogP contribution in [0, 0.1) is 14.9 Å². The number of esters is 1. The Hall–Kier alpha value is -3.92. The first-order valence-electron chi connectivity index (χ1n) is 13.8. The molecule has 5 rings (SSSR count). The minimum absolute atomic E-state index is 0.156. The lowest BCUT2D eigenvalue weighted by atomic mass is 9.96. The van der Waals surface area contributed by atoms with Crippen LogP contribution in [0.4, 0.5) is 0 Å². The van der Waals surface area contributed by atoms with Crippen LogP contribution in [0.1, 0.15) is 49.1 Å². The number of hydrogen-bond acceptors (Lipinski definition) is 8. The van der Waals surface area contributed by atoms with Gasteiger partial charge in [-0.1, -0.05) is 53.3 Å². The van der Waals surface area contributed by atoms with E-state index >= 15 is 0 Å². The second-order valence-corrected chi connectivity index (χ2v) is 12.3. The van der Waals surface area contributed by atoms with Gasteiger partial charge >= 0.3 is 5.97 Å². The number of halogens is 2. The molecule has 1 aliphatic rings.